The Balaban J connectivity index is 2.21. The smallest absolute Gasteiger partial charge is 0.270 e. The number of hydrazine groups is 1. The summed E-state index contributed by atoms with van der Waals surface area (Å²) in [7, 11) is -2.51. The summed E-state index contributed by atoms with van der Waals surface area (Å²) < 4.78 is 29.4. The van der Waals surface area contributed by atoms with Crippen LogP contribution in [0, 0.1) is 10.1 Å². The zero-order valence-electron chi connectivity index (χ0n) is 11.5. The van der Waals surface area contributed by atoms with Crippen molar-refractivity contribution in [1.82, 2.24) is 4.83 Å². The number of nitro groups is 1. The van der Waals surface area contributed by atoms with E-state index in [1.807, 2.05) is 0 Å². The highest BCUT2D eigenvalue weighted by atomic mass is 32.2. The van der Waals surface area contributed by atoms with Gasteiger partial charge in [-0.15, -0.1) is 4.83 Å². The quantitative estimate of drug-likeness (QED) is 0.620. The van der Waals surface area contributed by atoms with Crippen LogP contribution < -0.4 is 15.0 Å². The van der Waals surface area contributed by atoms with E-state index in [0.29, 0.717) is 11.4 Å². The molecule has 0 aliphatic carbocycles. The first-order valence-electron chi connectivity index (χ1n) is 6.09. The minimum Gasteiger partial charge on any atom is -0.495 e. The van der Waals surface area contributed by atoms with Crippen molar-refractivity contribution in [3.05, 3.63) is 58.6 Å². The number of nitrogens with zero attached hydrogens (tertiary/aromatic N) is 1. The van der Waals surface area contributed by atoms with Crippen molar-refractivity contribution in [2.45, 2.75) is 4.90 Å². The van der Waals surface area contributed by atoms with Gasteiger partial charge in [0.2, 0.25) is 0 Å². The molecule has 2 aromatic carbocycles. The van der Waals surface area contributed by atoms with Gasteiger partial charge in [-0.3, -0.25) is 10.1 Å². The van der Waals surface area contributed by atoms with Crippen LogP contribution in [0.25, 0.3) is 0 Å². The molecule has 0 aliphatic heterocycles. The van der Waals surface area contributed by atoms with Crippen molar-refractivity contribution >= 4 is 21.4 Å². The maximum Gasteiger partial charge on any atom is 0.270 e. The van der Waals surface area contributed by atoms with Gasteiger partial charge in [0, 0.05) is 12.1 Å². The number of anilines is 1. The summed E-state index contributed by atoms with van der Waals surface area (Å²) in [5, 5.41) is 10.7. The Morgan fingerprint density at radius 2 is 1.86 bits per heavy atom. The molecular formula is C13H13N3O5S. The van der Waals surface area contributed by atoms with E-state index in [4.69, 9.17) is 4.74 Å². The molecule has 0 amide bonds. The number of rotatable bonds is 6. The van der Waals surface area contributed by atoms with Crippen LogP contribution in [0.1, 0.15) is 0 Å². The van der Waals surface area contributed by atoms with Gasteiger partial charge < -0.3 is 10.2 Å². The van der Waals surface area contributed by atoms with Gasteiger partial charge in [0.05, 0.1) is 22.6 Å². The molecule has 0 spiro atoms. The lowest BCUT2D eigenvalue weighted by molar-refractivity contribution is -0.385. The molecule has 0 aromatic heterocycles. The fourth-order valence-electron chi connectivity index (χ4n) is 1.69. The van der Waals surface area contributed by atoms with Crippen molar-refractivity contribution in [3.8, 4) is 5.75 Å². The van der Waals surface area contributed by atoms with E-state index in [1.54, 1.807) is 24.3 Å². The first-order chi connectivity index (χ1) is 10.4. The summed E-state index contributed by atoms with van der Waals surface area (Å²) in [4.78, 5) is 12.0. The molecule has 22 heavy (non-hydrogen) atoms. The van der Waals surface area contributed by atoms with Crippen LogP contribution in [-0.2, 0) is 10.0 Å². The van der Waals surface area contributed by atoms with Crippen molar-refractivity contribution in [2.75, 3.05) is 12.5 Å². The fourth-order valence-corrected chi connectivity index (χ4v) is 2.59. The molecule has 0 heterocycles. The Bertz CT molecular complexity index is 792. The number of sulfonamides is 1. The number of non-ortho nitro benzene ring substituents is 1. The van der Waals surface area contributed by atoms with Gasteiger partial charge in [-0.2, -0.15) is 0 Å². The summed E-state index contributed by atoms with van der Waals surface area (Å²) >= 11 is 0. The fraction of sp³-hybridized carbons (Fsp3) is 0.0769. The van der Waals surface area contributed by atoms with E-state index >= 15 is 0 Å². The third-order valence-electron chi connectivity index (χ3n) is 2.77. The molecule has 0 bridgehead atoms. The highest BCUT2D eigenvalue weighted by Crippen LogP contribution is 2.23. The summed E-state index contributed by atoms with van der Waals surface area (Å²) in [6.07, 6.45) is 0. The normalized spacial score (nSPS) is 11.0. The summed E-state index contributed by atoms with van der Waals surface area (Å²) in [5.41, 5.74) is 2.63. The average Bonchev–Trinajstić information content (AvgIpc) is 2.53. The van der Waals surface area contributed by atoms with Crippen LogP contribution in [0.2, 0.25) is 0 Å². The van der Waals surface area contributed by atoms with Crippen LogP contribution in [-0.4, -0.2) is 20.5 Å². The number of hydrogen-bond donors (Lipinski definition) is 2. The van der Waals surface area contributed by atoms with Crippen LogP contribution in [0.15, 0.2) is 53.4 Å². The molecule has 0 saturated carbocycles. The topological polar surface area (TPSA) is 111 Å². The average molecular weight is 323 g/mol. The van der Waals surface area contributed by atoms with Gasteiger partial charge in [-0.1, -0.05) is 18.2 Å². The van der Waals surface area contributed by atoms with E-state index in [2.05, 4.69) is 10.3 Å². The third kappa shape index (κ3) is 3.51. The van der Waals surface area contributed by atoms with Crippen LogP contribution >= 0.6 is 0 Å². The molecule has 8 nitrogen and oxygen atoms in total. The number of hydrogen-bond acceptors (Lipinski definition) is 6. The van der Waals surface area contributed by atoms with Gasteiger partial charge in [0.15, 0.2) is 0 Å². The van der Waals surface area contributed by atoms with Crippen LogP contribution in [0.5, 0.6) is 5.75 Å². The predicted molar refractivity (Wildman–Crippen MR) is 80.0 cm³/mol. The van der Waals surface area contributed by atoms with Crippen LogP contribution in [0.3, 0.4) is 0 Å². The Hall–Kier alpha value is -2.65. The Kier molecular flexibility index (Phi) is 4.59. The molecule has 0 fully saturated rings. The number of para-hydroxylation sites is 2. The van der Waals surface area contributed by atoms with Gasteiger partial charge in [0.1, 0.15) is 5.75 Å². The highest BCUT2D eigenvalue weighted by Gasteiger charge is 2.17. The van der Waals surface area contributed by atoms with E-state index in [-0.39, 0.29) is 10.6 Å². The predicted octanol–water partition coefficient (Wildman–Crippen LogP) is 1.91. The minimum absolute atomic E-state index is 0.218. The second-order valence-corrected chi connectivity index (χ2v) is 5.87. The van der Waals surface area contributed by atoms with Crippen molar-refractivity contribution in [2.24, 2.45) is 0 Å². The maximum atomic E-state index is 12.1. The van der Waals surface area contributed by atoms with E-state index in [9.17, 15) is 18.5 Å². The minimum atomic E-state index is -3.96. The second-order valence-electron chi connectivity index (χ2n) is 4.19. The molecular weight excluding hydrogens is 310 g/mol. The molecule has 0 atom stereocenters. The van der Waals surface area contributed by atoms with Crippen molar-refractivity contribution in [1.29, 1.82) is 0 Å². The summed E-state index contributed by atoms with van der Waals surface area (Å²) in [5.74, 6) is 0.448. The van der Waals surface area contributed by atoms with Gasteiger partial charge in [-0.25, -0.2) is 8.42 Å². The molecule has 0 radical (unpaired) electrons. The molecule has 0 unspecified atom stereocenters. The lowest BCUT2D eigenvalue weighted by atomic mass is 10.3. The number of nitro benzene ring substituents is 1. The Labute approximate surface area is 126 Å². The monoisotopic (exact) mass is 323 g/mol. The van der Waals surface area contributed by atoms with Crippen LogP contribution in [0.4, 0.5) is 11.4 Å². The molecule has 2 aromatic rings. The van der Waals surface area contributed by atoms with Crippen molar-refractivity contribution in [3.63, 3.8) is 0 Å². The van der Waals surface area contributed by atoms with Gasteiger partial charge in [-0.05, 0) is 18.2 Å². The Morgan fingerprint density at radius 1 is 1.14 bits per heavy atom. The molecule has 9 heteroatoms. The third-order valence-corrected chi connectivity index (χ3v) is 4.01. The molecule has 2 rings (SSSR count). The van der Waals surface area contributed by atoms with Gasteiger partial charge in [0.25, 0.3) is 15.7 Å². The lowest BCUT2D eigenvalue weighted by Crippen LogP contribution is -2.29. The largest absolute Gasteiger partial charge is 0.495 e. The maximum absolute atomic E-state index is 12.1. The number of ether oxygens (including phenoxy) is 1. The summed E-state index contributed by atoms with van der Waals surface area (Å²) in [6, 6.07) is 11.5. The van der Waals surface area contributed by atoms with E-state index in [0.717, 1.165) is 6.07 Å². The molecule has 0 aliphatic rings. The second kappa shape index (κ2) is 6.41. The lowest BCUT2D eigenvalue weighted by Gasteiger charge is -2.12. The first kappa shape index (κ1) is 15.7. The molecule has 116 valence electrons. The number of methoxy groups -OCH3 is 1. The Morgan fingerprint density at radius 3 is 2.55 bits per heavy atom. The SMILES string of the molecule is COc1ccccc1NNS(=O)(=O)c1cccc([N+](=O)[O-])c1. The number of nitrogens with one attached hydrogen (secondary N) is 2. The van der Waals surface area contributed by atoms with E-state index in [1.165, 1.54) is 25.3 Å². The number of benzene rings is 2. The zero-order valence-corrected chi connectivity index (χ0v) is 12.3. The molecule has 0 saturated heterocycles. The van der Waals surface area contributed by atoms with Crippen molar-refractivity contribution < 1.29 is 18.1 Å². The standard InChI is InChI=1S/C13H13N3O5S/c1-21-13-8-3-2-7-12(13)14-15-22(19,20)11-6-4-5-10(9-11)16(17)18/h2-9,14-15H,1H3. The zero-order chi connectivity index (χ0) is 16.2. The first-order valence-corrected chi connectivity index (χ1v) is 7.57. The summed E-state index contributed by atoms with van der Waals surface area (Å²) in [6.45, 7) is 0. The van der Waals surface area contributed by atoms with E-state index < -0.39 is 14.9 Å². The van der Waals surface area contributed by atoms with Gasteiger partial charge >= 0.3 is 0 Å². The highest BCUT2D eigenvalue weighted by molar-refractivity contribution is 7.89. The molecule has 2 N–H and O–H groups in total.